The first kappa shape index (κ1) is 15.8. The van der Waals surface area contributed by atoms with Crippen LogP contribution in [0.25, 0.3) is 0 Å². The molecule has 1 aromatic carbocycles. The smallest absolute Gasteiger partial charge is 0.134 e. The van der Waals surface area contributed by atoms with Crippen molar-refractivity contribution in [3.8, 4) is 0 Å². The van der Waals surface area contributed by atoms with Crippen LogP contribution in [-0.4, -0.2) is 9.97 Å². The normalized spacial score (nSPS) is 11.1. The third kappa shape index (κ3) is 3.97. The minimum absolute atomic E-state index is 0.286. The molecule has 2 N–H and O–H groups in total. The van der Waals surface area contributed by atoms with Crippen LogP contribution in [0.2, 0.25) is 0 Å². The van der Waals surface area contributed by atoms with Crippen molar-refractivity contribution in [2.45, 2.75) is 51.3 Å². The Labute approximate surface area is 131 Å². The highest BCUT2D eigenvalue weighted by Gasteiger charge is 2.12. The van der Waals surface area contributed by atoms with Crippen LogP contribution in [-0.2, 0) is 5.75 Å². The summed E-state index contributed by atoms with van der Waals surface area (Å²) in [5.41, 5.74) is 10.9. The van der Waals surface area contributed by atoms with Crippen molar-refractivity contribution in [1.29, 1.82) is 0 Å². The molecule has 0 unspecified atom stereocenters. The molecule has 0 saturated carbocycles. The van der Waals surface area contributed by atoms with E-state index in [0.29, 0.717) is 5.82 Å². The number of thioether (sulfide) groups is 1. The molecular formula is C17H23N3S. The summed E-state index contributed by atoms with van der Waals surface area (Å²) in [6, 6.07) is 6.64. The number of nitrogens with zero attached hydrogens (tertiary/aromatic N) is 2. The van der Waals surface area contributed by atoms with Crippen LogP contribution in [0, 0.1) is 20.8 Å². The second-order valence-corrected chi connectivity index (χ2v) is 6.80. The molecule has 3 nitrogen and oxygen atoms in total. The van der Waals surface area contributed by atoms with Gasteiger partial charge >= 0.3 is 0 Å². The number of hydrogen-bond donors (Lipinski definition) is 1. The highest BCUT2D eigenvalue weighted by atomic mass is 32.2. The van der Waals surface area contributed by atoms with Crippen LogP contribution < -0.4 is 5.73 Å². The number of aryl methyl sites for hydroxylation is 2. The van der Waals surface area contributed by atoms with E-state index in [4.69, 9.17) is 5.73 Å². The maximum atomic E-state index is 6.01. The minimum Gasteiger partial charge on any atom is -0.383 e. The number of nitrogen functional groups attached to an aromatic ring is 1. The molecule has 0 fully saturated rings. The number of hydrogen-bond acceptors (Lipinski definition) is 4. The quantitative estimate of drug-likeness (QED) is 0.671. The molecule has 21 heavy (non-hydrogen) atoms. The standard InChI is InChI=1S/C17H23N3S/c1-10(2)16-19-15(18)13(5)17(20-16)21-9-14-7-11(3)6-12(4)8-14/h6-8,10H,9H2,1-5H3,(H2,18,19,20). The largest absolute Gasteiger partial charge is 0.383 e. The Morgan fingerprint density at radius 2 is 1.67 bits per heavy atom. The molecule has 0 spiro atoms. The molecule has 4 heteroatoms. The Kier molecular flexibility index (Phi) is 4.88. The van der Waals surface area contributed by atoms with Crippen molar-refractivity contribution in [2.24, 2.45) is 0 Å². The van der Waals surface area contributed by atoms with E-state index >= 15 is 0 Å². The van der Waals surface area contributed by atoms with Gasteiger partial charge in [0.05, 0.1) is 0 Å². The third-order valence-electron chi connectivity index (χ3n) is 3.33. The van der Waals surface area contributed by atoms with Crippen LogP contribution in [0.1, 0.15) is 47.8 Å². The molecule has 2 aromatic rings. The fraction of sp³-hybridized carbons (Fsp3) is 0.412. The maximum Gasteiger partial charge on any atom is 0.134 e. The average molecular weight is 301 g/mol. The van der Waals surface area contributed by atoms with Gasteiger partial charge in [0.1, 0.15) is 16.7 Å². The number of nitrogens with two attached hydrogens (primary N) is 1. The summed E-state index contributed by atoms with van der Waals surface area (Å²) in [4.78, 5) is 9.03. The van der Waals surface area contributed by atoms with E-state index in [1.54, 1.807) is 11.8 Å². The van der Waals surface area contributed by atoms with E-state index in [1.807, 2.05) is 6.92 Å². The zero-order valence-electron chi connectivity index (χ0n) is 13.4. The van der Waals surface area contributed by atoms with Gasteiger partial charge in [0.15, 0.2) is 0 Å². The molecule has 0 radical (unpaired) electrons. The molecule has 112 valence electrons. The van der Waals surface area contributed by atoms with Crippen LogP contribution in [0.3, 0.4) is 0 Å². The van der Waals surface area contributed by atoms with Gasteiger partial charge in [-0.2, -0.15) is 0 Å². The summed E-state index contributed by atoms with van der Waals surface area (Å²) in [5.74, 6) is 2.60. The molecule has 0 bridgehead atoms. The van der Waals surface area contributed by atoms with Crippen molar-refractivity contribution >= 4 is 17.6 Å². The fourth-order valence-corrected chi connectivity index (χ4v) is 3.18. The summed E-state index contributed by atoms with van der Waals surface area (Å²) in [5, 5.41) is 0.991. The molecule has 1 heterocycles. The molecule has 0 atom stereocenters. The molecule has 0 aliphatic heterocycles. The van der Waals surface area contributed by atoms with Gasteiger partial charge in [-0.3, -0.25) is 0 Å². The van der Waals surface area contributed by atoms with Crippen LogP contribution in [0.15, 0.2) is 23.2 Å². The number of aromatic nitrogens is 2. The number of anilines is 1. The predicted molar refractivity (Wildman–Crippen MR) is 90.7 cm³/mol. The SMILES string of the molecule is Cc1cc(C)cc(CSc2nc(C(C)C)nc(N)c2C)c1. The molecule has 0 saturated heterocycles. The van der Waals surface area contributed by atoms with Gasteiger partial charge in [-0.05, 0) is 26.3 Å². The lowest BCUT2D eigenvalue weighted by Gasteiger charge is -2.12. The molecule has 2 rings (SSSR count). The summed E-state index contributed by atoms with van der Waals surface area (Å²) in [6.45, 7) is 10.4. The molecule has 0 aliphatic rings. The van der Waals surface area contributed by atoms with Crippen LogP contribution in [0.5, 0.6) is 0 Å². The van der Waals surface area contributed by atoms with Crippen molar-refractivity contribution in [2.75, 3.05) is 5.73 Å². The van der Waals surface area contributed by atoms with Gasteiger partial charge in [-0.15, -0.1) is 11.8 Å². The van der Waals surface area contributed by atoms with E-state index < -0.39 is 0 Å². The lowest BCUT2D eigenvalue weighted by molar-refractivity contribution is 0.751. The third-order valence-corrected chi connectivity index (χ3v) is 4.48. The van der Waals surface area contributed by atoms with Crippen molar-refractivity contribution in [3.63, 3.8) is 0 Å². The Hall–Kier alpha value is -1.55. The number of benzene rings is 1. The van der Waals surface area contributed by atoms with Crippen molar-refractivity contribution in [1.82, 2.24) is 9.97 Å². The lowest BCUT2D eigenvalue weighted by Crippen LogP contribution is -2.05. The fourth-order valence-electron chi connectivity index (χ4n) is 2.23. The van der Waals surface area contributed by atoms with Gasteiger partial charge in [0.2, 0.25) is 0 Å². The summed E-state index contributed by atoms with van der Waals surface area (Å²) in [7, 11) is 0. The van der Waals surface area contributed by atoms with Gasteiger partial charge in [-0.25, -0.2) is 9.97 Å². The van der Waals surface area contributed by atoms with E-state index in [9.17, 15) is 0 Å². The van der Waals surface area contributed by atoms with Gasteiger partial charge in [0.25, 0.3) is 0 Å². The van der Waals surface area contributed by atoms with Crippen LogP contribution >= 0.6 is 11.8 Å². The van der Waals surface area contributed by atoms with E-state index in [2.05, 4.69) is 55.9 Å². The monoisotopic (exact) mass is 301 g/mol. The second kappa shape index (κ2) is 6.48. The molecular weight excluding hydrogens is 278 g/mol. The minimum atomic E-state index is 0.286. The summed E-state index contributed by atoms with van der Waals surface area (Å²) < 4.78 is 0. The first-order chi connectivity index (χ1) is 9.86. The van der Waals surface area contributed by atoms with Crippen molar-refractivity contribution in [3.05, 3.63) is 46.3 Å². The first-order valence-corrected chi connectivity index (χ1v) is 8.19. The summed E-state index contributed by atoms with van der Waals surface area (Å²) >= 11 is 1.73. The molecule has 0 aliphatic carbocycles. The predicted octanol–water partition coefficient (Wildman–Crippen LogP) is 4.40. The lowest BCUT2D eigenvalue weighted by atomic mass is 10.1. The zero-order chi connectivity index (χ0) is 15.6. The van der Waals surface area contributed by atoms with Crippen LogP contribution in [0.4, 0.5) is 5.82 Å². The topological polar surface area (TPSA) is 51.8 Å². The Morgan fingerprint density at radius 3 is 2.24 bits per heavy atom. The Balaban J connectivity index is 2.23. The Bertz CT molecular complexity index is 630. The van der Waals surface area contributed by atoms with Gasteiger partial charge < -0.3 is 5.73 Å². The molecule has 1 aromatic heterocycles. The van der Waals surface area contributed by atoms with E-state index in [0.717, 1.165) is 22.2 Å². The first-order valence-electron chi connectivity index (χ1n) is 7.20. The molecule has 0 amide bonds. The van der Waals surface area contributed by atoms with E-state index in [1.165, 1.54) is 16.7 Å². The zero-order valence-corrected chi connectivity index (χ0v) is 14.2. The Morgan fingerprint density at radius 1 is 1.05 bits per heavy atom. The summed E-state index contributed by atoms with van der Waals surface area (Å²) in [6.07, 6.45) is 0. The second-order valence-electron chi connectivity index (χ2n) is 5.84. The van der Waals surface area contributed by atoms with E-state index in [-0.39, 0.29) is 5.92 Å². The average Bonchev–Trinajstić information content (AvgIpc) is 2.39. The number of rotatable bonds is 4. The highest BCUT2D eigenvalue weighted by Crippen LogP contribution is 2.28. The van der Waals surface area contributed by atoms with Gasteiger partial charge in [-0.1, -0.05) is 43.2 Å². The highest BCUT2D eigenvalue weighted by molar-refractivity contribution is 7.98. The van der Waals surface area contributed by atoms with Crippen molar-refractivity contribution < 1.29 is 0 Å². The van der Waals surface area contributed by atoms with Gasteiger partial charge in [0, 0.05) is 17.2 Å². The maximum absolute atomic E-state index is 6.01.